The first-order valence-corrected chi connectivity index (χ1v) is 5.00. The van der Waals surface area contributed by atoms with Crippen LogP contribution < -0.4 is 0 Å². The summed E-state index contributed by atoms with van der Waals surface area (Å²) in [5, 5.41) is 13.1. The van der Waals surface area contributed by atoms with E-state index in [0.29, 0.717) is 19.0 Å². The summed E-state index contributed by atoms with van der Waals surface area (Å²) in [6.07, 6.45) is 1.45. The molecule has 0 bridgehead atoms. The quantitative estimate of drug-likeness (QED) is 0.750. The molecule has 0 saturated carbocycles. The van der Waals surface area contributed by atoms with Crippen molar-refractivity contribution < 1.29 is 9.63 Å². The molecule has 1 atom stereocenters. The summed E-state index contributed by atoms with van der Waals surface area (Å²) in [5.41, 5.74) is 0. The van der Waals surface area contributed by atoms with E-state index in [9.17, 15) is 5.11 Å². The molecule has 2 rings (SSSR count). The minimum atomic E-state index is -0.191. The molecule has 1 aliphatic rings. The number of hydrogen-bond acceptors (Lipinski definition) is 5. The highest BCUT2D eigenvalue weighted by Crippen LogP contribution is 2.12. The van der Waals surface area contributed by atoms with Crippen LogP contribution in [0.25, 0.3) is 0 Å². The lowest BCUT2D eigenvalue weighted by atomic mass is 10.3. The SMILES string of the molecule is CCc1noc(CN2CC[C@H](O)C2)n1. The summed E-state index contributed by atoms with van der Waals surface area (Å²) >= 11 is 0. The molecule has 78 valence electrons. The molecular weight excluding hydrogens is 182 g/mol. The highest BCUT2D eigenvalue weighted by Gasteiger charge is 2.21. The summed E-state index contributed by atoms with van der Waals surface area (Å²) in [4.78, 5) is 6.34. The van der Waals surface area contributed by atoms with E-state index in [1.807, 2.05) is 6.92 Å². The highest BCUT2D eigenvalue weighted by atomic mass is 16.5. The molecule has 0 amide bonds. The van der Waals surface area contributed by atoms with Crippen molar-refractivity contribution in [1.29, 1.82) is 0 Å². The second kappa shape index (κ2) is 4.06. The lowest BCUT2D eigenvalue weighted by Gasteiger charge is -2.10. The van der Waals surface area contributed by atoms with E-state index in [4.69, 9.17) is 4.52 Å². The molecule has 0 unspecified atom stereocenters. The van der Waals surface area contributed by atoms with Gasteiger partial charge >= 0.3 is 0 Å². The second-order valence-corrected chi connectivity index (χ2v) is 3.64. The van der Waals surface area contributed by atoms with Crippen LogP contribution in [0.1, 0.15) is 25.1 Å². The zero-order chi connectivity index (χ0) is 9.97. The fourth-order valence-corrected chi connectivity index (χ4v) is 1.65. The fraction of sp³-hybridized carbons (Fsp3) is 0.778. The molecule has 0 spiro atoms. The fourth-order valence-electron chi connectivity index (χ4n) is 1.65. The third-order valence-electron chi connectivity index (χ3n) is 2.43. The Morgan fingerprint density at radius 2 is 2.50 bits per heavy atom. The van der Waals surface area contributed by atoms with E-state index in [-0.39, 0.29) is 6.10 Å². The van der Waals surface area contributed by atoms with Crippen molar-refractivity contribution in [2.75, 3.05) is 13.1 Å². The first kappa shape index (κ1) is 9.61. The van der Waals surface area contributed by atoms with Gasteiger partial charge in [0.2, 0.25) is 5.89 Å². The van der Waals surface area contributed by atoms with E-state index in [1.165, 1.54) is 0 Å². The molecule has 0 radical (unpaired) electrons. The van der Waals surface area contributed by atoms with Gasteiger partial charge in [-0.1, -0.05) is 12.1 Å². The van der Waals surface area contributed by atoms with Crippen LogP contribution in [0, 0.1) is 0 Å². The molecule has 5 nitrogen and oxygen atoms in total. The Kier molecular flexibility index (Phi) is 2.79. The normalized spacial score (nSPS) is 23.1. The maximum absolute atomic E-state index is 9.32. The Labute approximate surface area is 82.7 Å². The number of rotatable bonds is 3. The van der Waals surface area contributed by atoms with Gasteiger partial charge in [0.15, 0.2) is 5.82 Å². The minimum Gasteiger partial charge on any atom is -0.392 e. The summed E-state index contributed by atoms with van der Waals surface area (Å²) in [5.74, 6) is 1.40. The molecule has 2 heterocycles. The van der Waals surface area contributed by atoms with Crippen molar-refractivity contribution >= 4 is 0 Å². The lowest BCUT2D eigenvalue weighted by molar-refractivity contribution is 0.169. The molecule has 0 aliphatic carbocycles. The number of aliphatic hydroxyl groups excluding tert-OH is 1. The molecule has 1 aliphatic heterocycles. The predicted molar refractivity (Wildman–Crippen MR) is 49.6 cm³/mol. The van der Waals surface area contributed by atoms with Crippen molar-refractivity contribution in [2.45, 2.75) is 32.4 Å². The van der Waals surface area contributed by atoms with Gasteiger partial charge in [-0.3, -0.25) is 4.90 Å². The number of nitrogens with zero attached hydrogens (tertiary/aromatic N) is 3. The van der Waals surface area contributed by atoms with Gasteiger partial charge in [0.25, 0.3) is 0 Å². The maximum Gasteiger partial charge on any atom is 0.240 e. The van der Waals surface area contributed by atoms with E-state index in [2.05, 4.69) is 15.0 Å². The number of hydrogen-bond donors (Lipinski definition) is 1. The van der Waals surface area contributed by atoms with Gasteiger partial charge < -0.3 is 9.63 Å². The summed E-state index contributed by atoms with van der Waals surface area (Å²) < 4.78 is 5.07. The van der Waals surface area contributed by atoms with E-state index in [1.54, 1.807) is 0 Å². The molecule has 1 N–H and O–H groups in total. The van der Waals surface area contributed by atoms with Gasteiger partial charge in [0.05, 0.1) is 12.6 Å². The minimum absolute atomic E-state index is 0.191. The molecule has 1 saturated heterocycles. The number of aryl methyl sites for hydroxylation is 1. The highest BCUT2D eigenvalue weighted by molar-refractivity contribution is 4.87. The molecule has 1 fully saturated rings. The van der Waals surface area contributed by atoms with Gasteiger partial charge in [0.1, 0.15) is 0 Å². The van der Waals surface area contributed by atoms with Crippen molar-refractivity contribution in [3.63, 3.8) is 0 Å². The molecule has 1 aromatic rings. The van der Waals surface area contributed by atoms with Crippen molar-refractivity contribution in [1.82, 2.24) is 15.0 Å². The van der Waals surface area contributed by atoms with Crippen LogP contribution in [-0.2, 0) is 13.0 Å². The summed E-state index contributed by atoms with van der Waals surface area (Å²) in [6, 6.07) is 0. The van der Waals surface area contributed by atoms with Crippen LogP contribution in [0.2, 0.25) is 0 Å². The van der Waals surface area contributed by atoms with Crippen molar-refractivity contribution in [3.8, 4) is 0 Å². The van der Waals surface area contributed by atoms with Gasteiger partial charge in [-0.25, -0.2) is 0 Å². The van der Waals surface area contributed by atoms with Crippen LogP contribution >= 0.6 is 0 Å². The monoisotopic (exact) mass is 197 g/mol. The molecule has 1 aromatic heterocycles. The second-order valence-electron chi connectivity index (χ2n) is 3.64. The van der Waals surface area contributed by atoms with E-state index < -0.39 is 0 Å². The first-order chi connectivity index (χ1) is 6.78. The van der Waals surface area contributed by atoms with Gasteiger partial charge in [-0.15, -0.1) is 0 Å². The Morgan fingerprint density at radius 3 is 3.07 bits per heavy atom. The standard InChI is InChI=1S/C9H15N3O2/c1-2-8-10-9(14-11-8)6-12-4-3-7(13)5-12/h7,13H,2-6H2,1H3/t7-/m0/s1. The van der Waals surface area contributed by atoms with Gasteiger partial charge in [0, 0.05) is 19.5 Å². The number of likely N-dealkylation sites (tertiary alicyclic amines) is 1. The van der Waals surface area contributed by atoms with Crippen molar-refractivity contribution in [3.05, 3.63) is 11.7 Å². The van der Waals surface area contributed by atoms with Crippen molar-refractivity contribution in [2.24, 2.45) is 0 Å². The average Bonchev–Trinajstić information content (AvgIpc) is 2.76. The molecule has 14 heavy (non-hydrogen) atoms. The number of aliphatic hydroxyl groups is 1. The van der Waals surface area contributed by atoms with Crippen LogP contribution in [0.5, 0.6) is 0 Å². The van der Waals surface area contributed by atoms with E-state index in [0.717, 1.165) is 25.2 Å². The van der Waals surface area contributed by atoms with E-state index >= 15 is 0 Å². The van der Waals surface area contributed by atoms with Crippen LogP contribution in [0.15, 0.2) is 4.52 Å². The zero-order valence-electron chi connectivity index (χ0n) is 8.31. The molecular formula is C9H15N3O2. The van der Waals surface area contributed by atoms with Crippen LogP contribution in [0.3, 0.4) is 0 Å². The van der Waals surface area contributed by atoms with Crippen LogP contribution in [-0.4, -0.2) is 39.3 Å². The Balaban J connectivity index is 1.90. The number of β-amino-alcohol motifs (C(OH)–C–C–N with tert-alkyl or cyclic N) is 1. The summed E-state index contributed by atoms with van der Waals surface area (Å²) in [7, 11) is 0. The smallest absolute Gasteiger partial charge is 0.240 e. The number of aromatic nitrogens is 2. The lowest BCUT2D eigenvalue weighted by Crippen LogP contribution is -2.21. The third kappa shape index (κ3) is 2.10. The summed E-state index contributed by atoms with van der Waals surface area (Å²) in [6.45, 7) is 4.27. The Hall–Kier alpha value is -0.940. The molecule has 5 heteroatoms. The van der Waals surface area contributed by atoms with Gasteiger partial charge in [-0.05, 0) is 6.42 Å². The molecule has 0 aromatic carbocycles. The zero-order valence-corrected chi connectivity index (χ0v) is 8.31. The topological polar surface area (TPSA) is 62.4 Å². The maximum atomic E-state index is 9.32. The Morgan fingerprint density at radius 1 is 1.64 bits per heavy atom. The van der Waals surface area contributed by atoms with Crippen LogP contribution in [0.4, 0.5) is 0 Å². The third-order valence-corrected chi connectivity index (χ3v) is 2.43. The van der Waals surface area contributed by atoms with Gasteiger partial charge in [-0.2, -0.15) is 4.98 Å². The average molecular weight is 197 g/mol. The first-order valence-electron chi connectivity index (χ1n) is 5.00. The Bertz CT molecular complexity index is 300. The predicted octanol–water partition coefficient (Wildman–Crippen LogP) is 0.199. The largest absolute Gasteiger partial charge is 0.392 e.